The first kappa shape index (κ1) is 23.9. The van der Waals surface area contributed by atoms with Crippen molar-refractivity contribution >= 4 is 17.7 Å². The number of hydrogen-bond donors (Lipinski definition) is 3. The number of esters is 2. The molecule has 9 heteroatoms. The fraction of sp³-hybridized carbons (Fsp3) is 0.800. The van der Waals surface area contributed by atoms with E-state index in [1.807, 2.05) is 6.92 Å². The zero-order valence-electron chi connectivity index (χ0n) is 20.2. The maximum atomic E-state index is 13.3. The summed E-state index contributed by atoms with van der Waals surface area (Å²) in [4.78, 5) is 38.8. The highest BCUT2D eigenvalue weighted by Crippen LogP contribution is 2.72. The first-order chi connectivity index (χ1) is 15.8. The van der Waals surface area contributed by atoms with Crippen molar-refractivity contribution < 1.29 is 43.9 Å². The van der Waals surface area contributed by atoms with Gasteiger partial charge in [0, 0.05) is 16.7 Å². The second kappa shape index (κ2) is 7.35. The predicted molar refractivity (Wildman–Crippen MR) is 116 cm³/mol. The van der Waals surface area contributed by atoms with Gasteiger partial charge in [0.15, 0.2) is 5.78 Å². The van der Waals surface area contributed by atoms with Crippen molar-refractivity contribution in [1.82, 2.24) is 0 Å². The molecule has 1 spiro atoms. The number of aliphatic hydroxyl groups is 3. The topological polar surface area (TPSA) is 140 Å². The third kappa shape index (κ3) is 2.61. The molecule has 2 saturated carbocycles. The van der Waals surface area contributed by atoms with Crippen LogP contribution in [0.2, 0.25) is 0 Å². The largest absolute Gasteiger partial charge is 0.459 e. The fourth-order valence-corrected chi connectivity index (χ4v) is 8.09. The predicted octanol–water partition coefficient (Wildman–Crippen LogP) is 0.529. The van der Waals surface area contributed by atoms with E-state index in [0.29, 0.717) is 12.8 Å². The molecule has 3 aliphatic carbocycles. The number of fused-ring (bicyclic) bond motifs is 2. The van der Waals surface area contributed by atoms with Crippen LogP contribution in [0, 0.1) is 34.5 Å². The Balaban J connectivity index is 1.69. The normalized spacial score (nSPS) is 52.2. The Morgan fingerprint density at radius 2 is 1.91 bits per heavy atom. The molecule has 2 aliphatic heterocycles. The van der Waals surface area contributed by atoms with Gasteiger partial charge in [-0.1, -0.05) is 26.3 Å². The minimum absolute atomic E-state index is 0.0360. The molecule has 0 unspecified atom stereocenters. The van der Waals surface area contributed by atoms with Crippen LogP contribution in [0.1, 0.15) is 47.5 Å². The molecule has 2 saturated heterocycles. The average Bonchev–Trinajstić information content (AvgIpc) is 3.06. The lowest BCUT2D eigenvalue weighted by Gasteiger charge is -2.68. The quantitative estimate of drug-likeness (QED) is 0.496. The number of carbonyl (C=O) groups excluding carboxylic acids is 3. The highest BCUT2D eigenvalue weighted by atomic mass is 16.6. The lowest BCUT2D eigenvalue weighted by molar-refractivity contribution is -0.297. The van der Waals surface area contributed by atoms with Crippen LogP contribution in [0.4, 0.5) is 0 Å². The fourth-order valence-electron chi connectivity index (χ4n) is 8.09. The number of hydrogen-bond acceptors (Lipinski definition) is 9. The summed E-state index contributed by atoms with van der Waals surface area (Å²) < 4.78 is 17.8. The zero-order valence-corrected chi connectivity index (χ0v) is 20.2. The Labute approximate surface area is 198 Å². The summed E-state index contributed by atoms with van der Waals surface area (Å²) >= 11 is 0. The summed E-state index contributed by atoms with van der Waals surface area (Å²) in [5.74, 6) is -4.16. The van der Waals surface area contributed by atoms with Crippen molar-refractivity contribution in [3.8, 4) is 0 Å². The summed E-state index contributed by atoms with van der Waals surface area (Å²) in [5, 5.41) is 34.0. The van der Waals surface area contributed by atoms with Crippen LogP contribution < -0.4 is 0 Å². The number of aliphatic hydroxyl groups excluding tert-OH is 3. The van der Waals surface area contributed by atoms with Gasteiger partial charge in [0.1, 0.15) is 23.9 Å². The van der Waals surface area contributed by atoms with Gasteiger partial charge in [0.2, 0.25) is 6.10 Å². The molecule has 2 heterocycles. The third-order valence-electron chi connectivity index (χ3n) is 9.96. The molecule has 0 radical (unpaired) electrons. The smallest absolute Gasteiger partial charge is 0.348 e. The van der Waals surface area contributed by atoms with Gasteiger partial charge in [-0.2, -0.15) is 0 Å². The minimum atomic E-state index is -1.43. The van der Waals surface area contributed by atoms with E-state index in [0.717, 1.165) is 5.57 Å². The number of ketones is 1. The molecule has 0 aromatic carbocycles. The Hall–Kier alpha value is -1.81. The molecule has 0 amide bonds. The lowest BCUT2D eigenvalue weighted by Crippen LogP contribution is -2.78. The molecule has 188 valence electrons. The number of carbonyl (C=O) groups is 3. The van der Waals surface area contributed by atoms with Gasteiger partial charge in [-0.05, 0) is 38.7 Å². The SMILES string of the molecule is CC[C@H](C)C(=O)O[C@@H]1C(=O)O[C@H]2C[C@@H]3C(C)=CC(=O)[C@H](O)[C@@]3(C)[C@@H]3[C@H](O)[C@@H](O)[C@]4(C)OC[C@]23[C@H]14. The van der Waals surface area contributed by atoms with E-state index in [9.17, 15) is 29.7 Å². The van der Waals surface area contributed by atoms with E-state index >= 15 is 0 Å². The summed E-state index contributed by atoms with van der Waals surface area (Å²) in [7, 11) is 0. The van der Waals surface area contributed by atoms with Crippen LogP contribution in [-0.2, 0) is 28.6 Å². The monoisotopic (exact) mass is 478 g/mol. The lowest BCUT2D eigenvalue weighted by atomic mass is 9.38. The van der Waals surface area contributed by atoms with E-state index in [-0.39, 0.29) is 12.5 Å². The van der Waals surface area contributed by atoms with Crippen molar-refractivity contribution in [3.63, 3.8) is 0 Å². The van der Waals surface area contributed by atoms with Crippen LogP contribution in [0.5, 0.6) is 0 Å². The van der Waals surface area contributed by atoms with Gasteiger partial charge in [-0.15, -0.1) is 0 Å². The first-order valence-electron chi connectivity index (χ1n) is 12.2. The Kier molecular flexibility index (Phi) is 5.17. The highest BCUT2D eigenvalue weighted by Gasteiger charge is 2.82. The van der Waals surface area contributed by atoms with Gasteiger partial charge in [-0.25, -0.2) is 4.79 Å². The molecular formula is C25H34O9. The van der Waals surface area contributed by atoms with Crippen molar-refractivity contribution in [2.45, 2.75) is 83.6 Å². The summed E-state index contributed by atoms with van der Waals surface area (Å²) in [6.07, 6.45) is -3.95. The number of rotatable bonds is 3. The second-order valence-electron chi connectivity index (χ2n) is 11.4. The van der Waals surface area contributed by atoms with Crippen LogP contribution in [0.3, 0.4) is 0 Å². The number of ether oxygens (including phenoxy) is 3. The molecule has 3 N–H and O–H groups in total. The number of allylic oxidation sites excluding steroid dienone is 1. The molecule has 5 aliphatic rings. The molecule has 4 fully saturated rings. The van der Waals surface area contributed by atoms with E-state index in [2.05, 4.69) is 0 Å². The molecule has 5 rings (SSSR count). The summed E-state index contributed by atoms with van der Waals surface area (Å²) in [6.45, 7) is 8.76. The van der Waals surface area contributed by atoms with Gasteiger partial charge in [-0.3, -0.25) is 9.59 Å². The Morgan fingerprint density at radius 1 is 1.24 bits per heavy atom. The standard InChI is InChI=1S/C25H34O9/c1-6-10(2)21(30)34-16-18-24(5)20(29)15(27)17-23(4)12(11(3)7-13(26)19(23)28)8-14(33-22(16)31)25(17,18)9-32-24/h7,10,12,14-20,27-29H,6,8-9H2,1-5H3/t10-,12+,14-,15-,16-,17-,18+,19-,20+,23+,24+,25-/m0/s1. The van der Waals surface area contributed by atoms with Crippen molar-refractivity contribution in [2.24, 2.45) is 34.5 Å². The maximum Gasteiger partial charge on any atom is 0.348 e. The molecule has 34 heavy (non-hydrogen) atoms. The molecular weight excluding hydrogens is 444 g/mol. The van der Waals surface area contributed by atoms with Gasteiger partial charge >= 0.3 is 11.9 Å². The summed E-state index contributed by atoms with van der Waals surface area (Å²) in [6, 6.07) is 0. The van der Waals surface area contributed by atoms with E-state index in [1.54, 1.807) is 27.7 Å². The van der Waals surface area contributed by atoms with Crippen LogP contribution in [-0.4, -0.2) is 75.8 Å². The highest BCUT2D eigenvalue weighted by molar-refractivity contribution is 5.96. The Bertz CT molecular complexity index is 975. The van der Waals surface area contributed by atoms with Crippen LogP contribution in [0.15, 0.2) is 11.6 Å². The molecule has 0 aromatic heterocycles. The first-order valence-corrected chi connectivity index (χ1v) is 12.2. The van der Waals surface area contributed by atoms with Crippen molar-refractivity contribution in [1.29, 1.82) is 0 Å². The van der Waals surface area contributed by atoms with Gasteiger partial charge < -0.3 is 29.5 Å². The van der Waals surface area contributed by atoms with E-state index < -0.39 is 82.4 Å². The van der Waals surface area contributed by atoms with Crippen LogP contribution in [0.25, 0.3) is 0 Å². The Morgan fingerprint density at radius 3 is 2.56 bits per heavy atom. The summed E-state index contributed by atoms with van der Waals surface area (Å²) in [5.41, 5.74) is -2.84. The van der Waals surface area contributed by atoms with Gasteiger partial charge in [0.05, 0.1) is 24.5 Å². The molecule has 2 bridgehead atoms. The molecule has 0 aromatic rings. The van der Waals surface area contributed by atoms with Gasteiger partial charge in [0.25, 0.3) is 0 Å². The minimum Gasteiger partial charge on any atom is -0.459 e. The van der Waals surface area contributed by atoms with Crippen LogP contribution >= 0.6 is 0 Å². The average molecular weight is 479 g/mol. The van der Waals surface area contributed by atoms with E-state index in [1.165, 1.54) is 6.08 Å². The maximum absolute atomic E-state index is 13.3. The van der Waals surface area contributed by atoms with E-state index in [4.69, 9.17) is 14.2 Å². The molecule has 12 atom stereocenters. The second-order valence-corrected chi connectivity index (χ2v) is 11.4. The molecule has 9 nitrogen and oxygen atoms in total. The zero-order chi connectivity index (χ0) is 25.0. The third-order valence-corrected chi connectivity index (χ3v) is 9.96. The van der Waals surface area contributed by atoms with Crippen molar-refractivity contribution in [3.05, 3.63) is 11.6 Å². The van der Waals surface area contributed by atoms with Crippen molar-refractivity contribution in [2.75, 3.05) is 6.61 Å².